The second kappa shape index (κ2) is 6.42. The van der Waals surface area contributed by atoms with Crippen molar-refractivity contribution in [1.82, 2.24) is 0 Å². The molecule has 0 bridgehead atoms. The maximum Gasteiger partial charge on any atom is 0.0647 e. The third-order valence-electron chi connectivity index (χ3n) is 2.88. The van der Waals surface area contributed by atoms with Crippen molar-refractivity contribution in [1.29, 1.82) is 0 Å². The Hall–Kier alpha value is -0.0400. The summed E-state index contributed by atoms with van der Waals surface area (Å²) in [5.41, 5.74) is -0.386. The summed E-state index contributed by atoms with van der Waals surface area (Å²) >= 11 is 0. The molecule has 0 aliphatic heterocycles. The molecule has 0 aromatic heterocycles. The summed E-state index contributed by atoms with van der Waals surface area (Å²) in [6.45, 7) is 8.69. The van der Waals surface area contributed by atoms with Crippen molar-refractivity contribution in [3.05, 3.63) is 0 Å². The molecule has 0 aliphatic rings. The highest BCUT2D eigenvalue weighted by Crippen LogP contribution is 2.27. The van der Waals surface area contributed by atoms with Crippen LogP contribution in [0.3, 0.4) is 0 Å². The molecule has 0 aliphatic carbocycles. The summed E-state index contributed by atoms with van der Waals surface area (Å²) in [6, 6.07) is 0. The lowest BCUT2D eigenvalue weighted by Gasteiger charge is -2.29. The lowest BCUT2D eigenvalue weighted by molar-refractivity contribution is 0.00392. The van der Waals surface area contributed by atoms with E-state index < -0.39 is 0 Å². The first-order valence-corrected chi connectivity index (χ1v) is 5.80. The highest BCUT2D eigenvalue weighted by atomic mass is 16.3. The van der Waals surface area contributed by atoms with Crippen molar-refractivity contribution < 1.29 is 5.11 Å². The summed E-state index contributed by atoms with van der Waals surface area (Å²) in [4.78, 5) is 0. The van der Waals surface area contributed by atoms with Crippen LogP contribution in [0.4, 0.5) is 0 Å². The Bertz CT molecular complexity index is 122. The molecular weight excluding hydrogens is 160 g/mol. The molecule has 0 saturated carbocycles. The van der Waals surface area contributed by atoms with Gasteiger partial charge in [0.15, 0.2) is 0 Å². The maximum absolute atomic E-state index is 10.2. The Morgan fingerprint density at radius 2 is 1.77 bits per heavy atom. The molecule has 1 heteroatoms. The van der Waals surface area contributed by atoms with Gasteiger partial charge in [-0.05, 0) is 25.2 Å². The SMILES string of the molecule is CCCC(C)CC(O)(CC)CCC. The average molecular weight is 186 g/mol. The van der Waals surface area contributed by atoms with E-state index in [-0.39, 0.29) is 5.60 Å². The minimum Gasteiger partial charge on any atom is -0.390 e. The highest BCUT2D eigenvalue weighted by Gasteiger charge is 2.25. The second-order valence-electron chi connectivity index (χ2n) is 4.43. The molecular formula is C12H26O. The van der Waals surface area contributed by atoms with Crippen LogP contribution in [0.1, 0.15) is 66.2 Å². The van der Waals surface area contributed by atoms with Gasteiger partial charge in [0.05, 0.1) is 5.60 Å². The lowest BCUT2D eigenvalue weighted by Crippen LogP contribution is -2.29. The van der Waals surface area contributed by atoms with Crippen molar-refractivity contribution in [3.8, 4) is 0 Å². The molecule has 13 heavy (non-hydrogen) atoms. The molecule has 1 nitrogen and oxygen atoms in total. The second-order valence-corrected chi connectivity index (χ2v) is 4.43. The number of hydrogen-bond donors (Lipinski definition) is 1. The fraction of sp³-hybridized carbons (Fsp3) is 1.00. The van der Waals surface area contributed by atoms with Gasteiger partial charge >= 0.3 is 0 Å². The van der Waals surface area contributed by atoms with Crippen LogP contribution in [-0.2, 0) is 0 Å². The first kappa shape index (κ1) is 13.0. The van der Waals surface area contributed by atoms with Gasteiger partial charge in [0.1, 0.15) is 0 Å². The first-order valence-electron chi connectivity index (χ1n) is 5.80. The van der Waals surface area contributed by atoms with Crippen LogP contribution in [0, 0.1) is 5.92 Å². The Labute approximate surface area is 83.5 Å². The van der Waals surface area contributed by atoms with E-state index in [1.807, 2.05) is 0 Å². The van der Waals surface area contributed by atoms with E-state index in [4.69, 9.17) is 0 Å². The molecule has 1 N–H and O–H groups in total. The zero-order chi connectivity index (χ0) is 10.3. The van der Waals surface area contributed by atoms with E-state index in [0.717, 1.165) is 25.7 Å². The van der Waals surface area contributed by atoms with Crippen molar-refractivity contribution in [2.75, 3.05) is 0 Å². The Morgan fingerprint density at radius 1 is 1.15 bits per heavy atom. The summed E-state index contributed by atoms with van der Waals surface area (Å²) < 4.78 is 0. The largest absolute Gasteiger partial charge is 0.390 e. The van der Waals surface area contributed by atoms with E-state index in [0.29, 0.717) is 5.92 Å². The molecule has 2 unspecified atom stereocenters. The minimum atomic E-state index is -0.386. The highest BCUT2D eigenvalue weighted by molar-refractivity contribution is 4.78. The van der Waals surface area contributed by atoms with Gasteiger partial charge in [-0.3, -0.25) is 0 Å². The predicted octanol–water partition coefficient (Wildman–Crippen LogP) is 3.75. The standard InChI is InChI=1S/C12H26O/c1-5-8-11(4)10-12(13,7-3)9-6-2/h11,13H,5-10H2,1-4H3. The molecule has 0 radical (unpaired) electrons. The summed E-state index contributed by atoms with van der Waals surface area (Å²) in [6.07, 6.45) is 6.39. The molecule has 0 aromatic carbocycles. The molecule has 0 spiro atoms. The van der Waals surface area contributed by atoms with E-state index in [1.165, 1.54) is 12.8 Å². The summed E-state index contributed by atoms with van der Waals surface area (Å²) in [5.74, 6) is 0.668. The van der Waals surface area contributed by atoms with Gasteiger partial charge in [-0.15, -0.1) is 0 Å². The summed E-state index contributed by atoms with van der Waals surface area (Å²) in [5, 5.41) is 10.2. The molecule has 0 rings (SSSR count). The van der Waals surface area contributed by atoms with Crippen molar-refractivity contribution >= 4 is 0 Å². The maximum atomic E-state index is 10.2. The predicted molar refractivity (Wildman–Crippen MR) is 58.8 cm³/mol. The van der Waals surface area contributed by atoms with Crippen LogP contribution in [0.5, 0.6) is 0 Å². The number of hydrogen-bond acceptors (Lipinski definition) is 1. The zero-order valence-electron chi connectivity index (χ0n) is 9.77. The fourth-order valence-corrected chi connectivity index (χ4v) is 2.13. The normalized spacial score (nSPS) is 18.2. The van der Waals surface area contributed by atoms with Crippen LogP contribution >= 0.6 is 0 Å². The third-order valence-corrected chi connectivity index (χ3v) is 2.88. The molecule has 80 valence electrons. The van der Waals surface area contributed by atoms with Crippen LogP contribution in [0.2, 0.25) is 0 Å². The van der Waals surface area contributed by atoms with Crippen molar-refractivity contribution in [3.63, 3.8) is 0 Å². The first-order chi connectivity index (χ1) is 6.08. The van der Waals surface area contributed by atoms with Crippen LogP contribution in [0.15, 0.2) is 0 Å². The molecule has 0 fully saturated rings. The molecule has 0 saturated heterocycles. The van der Waals surface area contributed by atoms with Crippen LogP contribution in [-0.4, -0.2) is 10.7 Å². The third kappa shape index (κ3) is 5.30. The lowest BCUT2D eigenvalue weighted by atomic mass is 9.84. The quantitative estimate of drug-likeness (QED) is 0.642. The fourth-order valence-electron chi connectivity index (χ4n) is 2.13. The van der Waals surface area contributed by atoms with Gasteiger partial charge in [-0.25, -0.2) is 0 Å². The van der Waals surface area contributed by atoms with Crippen molar-refractivity contribution in [2.24, 2.45) is 5.92 Å². The van der Waals surface area contributed by atoms with Gasteiger partial charge in [-0.2, -0.15) is 0 Å². The van der Waals surface area contributed by atoms with Gasteiger partial charge in [0.25, 0.3) is 0 Å². The molecule has 0 heterocycles. The zero-order valence-corrected chi connectivity index (χ0v) is 9.77. The van der Waals surface area contributed by atoms with E-state index in [1.54, 1.807) is 0 Å². The smallest absolute Gasteiger partial charge is 0.0647 e. The number of aliphatic hydroxyl groups is 1. The average Bonchev–Trinajstić information content (AvgIpc) is 2.05. The Kier molecular flexibility index (Phi) is 6.40. The van der Waals surface area contributed by atoms with Gasteiger partial charge in [0.2, 0.25) is 0 Å². The minimum absolute atomic E-state index is 0.386. The van der Waals surface area contributed by atoms with Gasteiger partial charge in [-0.1, -0.05) is 47.0 Å². The van der Waals surface area contributed by atoms with E-state index >= 15 is 0 Å². The van der Waals surface area contributed by atoms with Crippen LogP contribution in [0.25, 0.3) is 0 Å². The molecule has 0 amide bonds. The summed E-state index contributed by atoms with van der Waals surface area (Å²) in [7, 11) is 0. The molecule has 2 atom stereocenters. The van der Waals surface area contributed by atoms with Crippen LogP contribution < -0.4 is 0 Å². The van der Waals surface area contributed by atoms with E-state index in [2.05, 4.69) is 27.7 Å². The Morgan fingerprint density at radius 3 is 2.15 bits per heavy atom. The monoisotopic (exact) mass is 186 g/mol. The van der Waals surface area contributed by atoms with Gasteiger partial charge < -0.3 is 5.11 Å². The topological polar surface area (TPSA) is 20.2 Å². The van der Waals surface area contributed by atoms with Crippen molar-refractivity contribution in [2.45, 2.75) is 71.8 Å². The van der Waals surface area contributed by atoms with Gasteiger partial charge in [0, 0.05) is 0 Å². The Balaban J connectivity index is 3.93. The molecule has 0 aromatic rings. The van der Waals surface area contributed by atoms with E-state index in [9.17, 15) is 5.11 Å². The number of rotatable bonds is 7.